The smallest absolute Gasteiger partial charge is 0.308 e. The molecule has 0 saturated carbocycles. The van der Waals surface area contributed by atoms with E-state index in [0.29, 0.717) is 67.8 Å². The number of allylic oxidation sites excluding steroid dienone is 1. The first-order valence-corrected chi connectivity index (χ1v) is 16.1. The molecule has 0 aliphatic carbocycles. The molecule has 1 aromatic carbocycles. The lowest BCUT2D eigenvalue weighted by Crippen LogP contribution is -2.15. The van der Waals surface area contributed by atoms with Gasteiger partial charge in [0.1, 0.15) is 11.5 Å². The molecule has 41 heavy (non-hydrogen) atoms. The van der Waals surface area contributed by atoms with E-state index in [1.165, 1.54) is 23.5 Å². The number of ether oxygens (including phenoxy) is 4. The molecule has 0 radical (unpaired) electrons. The average Bonchev–Trinajstić information content (AvgIpc) is 3.41. The van der Waals surface area contributed by atoms with Gasteiger partial charge in [-0.2, -0.15) is 0 Å². The first-order chi connectivity index (χ1) is 19.7. The summed E-state index contributed by atoms with van der Waals surface area (Å²) in [6.45, 7) is 20.5. The summed E-state index contributed by atoms with van der Waals surface area (Å²) in [5.74, 6) is 0.663. The van der Waals surface area contributed by atoms with Gasteiger partial charge in [0.15, 0.2) is 5.78 Å². The number of nitrogens with zero attached hydrogens (tertiary/aromatic N) is 1. The van der Waals surface area contributed by atoms with Crippen molar-refractivity contribution >= 4 is 41.2 Å². The number of hydrogen-bond acceptors (Lipinski definition) is 9. The number of carbonyl (C=O) groups excluding carboxylic acids is 3. The lowest BCUT2D eigenvalue weighted by Gasteiger charge is -2.17. The van der Waals surface area contributed by atoms with Crippen LogP contribution < -0.4 is 9.47 Å². The molecule has 226 valence electrons. The van der Waals surface area contributed by atoms with E-state index in [1.807, 2.05) is 40.7 Å². The van der Waals surface area contributed by atoms with Crippen LogP contribution in [0, 0.1) is 25.3 Å². The zero-order valence-corrected chi connectivity index (χ0v) is 26.8. The van der Waals surface area contributed by atoms with Crippen LogP contribution in [-0.4, -0.2) is 44.1 Å². The van der Waals surface area contributed by atoms with Gasteiger partial charge in [-0.1, -0.05) is 58.1 Å². The van der Waals surface area contributed by atoms with Crippen LogP contribution in [0.2, 0.25) is 0 Å². The third kappa shape index (κ3) is 10.3. The number of unbranched alkanes of at least 4 members (excludes halogenated alkanes) is 2. The molecule has 0 aromatic heterocycles. The van der Waals surface area contributed by atoms with Crippen LogP contribution in [0.15, 0.2) is 25.8 Å². The quantitative estimate of drug-likeness (QED) is 0.0720. The van der Waals surface area contributed by atoms with Gasteiger partial charge < -0.3 is 23.7 Å². The topological polar surface area (TPSA) is 92.5 Å². The maximum absolute atomic E-state index is 12.4. The van der Waals surface area contributed by atoms with Crippen molar-refractivity contribution in [3.63, 3.8) is 0 Å². The number of carbonyl (C=O) groups is 3. The number of thioether (sulfide) groups is 2. The van der Waals surface area contributed by atoms with Crippen LogP contribution >= 0.6 is 23.5 Å². The molecule has 8 nitrogen and oxygen atoms in total. The van der Waals surface area contributed by atoms with Crippen molar-refractivity contribution in [3.05, 3.63) is 33.0 Å². The molecule has 0 N–H and O–H groups in total. The number of rotatable bonds is 18. The Kier molecular flexibility index (Phi) is 15.2. The van der Waals surface area contributed by atoms with E-state index in [0.717, 1.165) is 28.2 Å². The Morgan fingerprint density at radius 3 is 1.85 bits per heavy atom. The van der Waals surface area contributed by atoms with Crippen LogP contribution in [-0.2, 0) is 23.9 Å². The Morgan fingerprint density at radius 2 is 1.34 bits per heavy atom. The van der Waals surface area contributed by atoms with Crippen molar-refractivity contribution in [1.82, 2.24) is 0 Å². The van der Waals surface area contributed by atoms with Crippen molar-refractivity contribution in [2.75, 3.05) is 26.4 Å². The van der Waals surface area contributed by atoms with Gasteiger partial charge in [0.05, 0.1) is 58.9 Å². The number of fused-ring (bicyclic) bond motifs is 1. The second-order valence-electron chi connectivity index (χ2n) is 9.97. The zero-order valence-electron chi connectivity index (χ0n) is 25.1. The van der Waals surface area contributed by atoms with Crippen LogP contribution in [0.3, 0.4) is 0 Å². The van der Waals surface area contributed by atoms with Gasteiger partial charge in [0, 0.05) is 0 Å². The third-order valence-electron chi connectivity index (χ3n) is 6.72. The fraction of sp³-hybridized carbons (Fsp3) is 0.613. The molecular formula is C31H43NO7S2. The summed E-state index contributed by atoms with van der Waals surface area (Å²) in [4.78, 5) is 41.4. The summed E-state index contributed by atoms with van der Waals surface area (Å²) < 4.78 is 23.6. The summed E-state index contributed by atoms with van der Waals surface area (Å²) in [6, 6.07) is 1.93. The second kappa shape index (κ2) is 18.0. The Balaban J connectivity index is 2.08. The largest absolute Gasteiger partial charge is 0.492 e. The summed E-state index contributed by atoms with van der Waals surface area (Å²) in [6.07, 6.45) is 4.58. The second-order valence-corrected chi connectivity index (χ2v) is 12.3. The molecule has 0 spiro atoms. The van der Waals surface area contributed by atoms with Gasteiger partial charge >= 0.3 is 11.9 Å². The van der Waals surface area contributed by atoms with Gasteiger partial charge in [-0.15, -0.1) is 0 Å². The number of esters is 2. The molecular weight excluding hydrogens is 562 g/mol. The number of hydrogen-bond donors (Lipinski definition) is 0. The molecule has 0 amide bonds. The fourth-order valence-corrected chi connectivity index (χ4v) is 6.33. The first kappa shape index (κ1) is 34.6. The monoisotopic (exact) mass is 605 g/mol. The number of aryl methyl sites for hydroxylation is 1. The highest BCUT2D eigenvalue weighted by molar-refractivity contribution is 8.24. The summed E-state index contributed by atoms with van der Waals surface area (Å²) >= 11 is 2.75. The maximum Gasteiger partial charge on any atom is 0.308 e. The minimum Gasteiger partial charge on any atom is -0.492 e. The minimum atomic E-state index is -0.191. The number of benzene rings is 1. The summed E-state index contributed by atoms with van der Waals surface area (Å²) in [7, 11) is 0. The molecule has 10 heteroatoms. The van der Waals surface area contributed by atoms with Crippen LogP contribution in [0.25, 0.3) is 4.85 Å². The molecule has 0 bridgehead atoms. The highest BCUT2D eigenvalue weighted by atomic mass is 32.2. The molecule has 0 fully saturated rings. The van der Waals surface area contributed by atoms with E-state index in [1.54, 1.807) is 6.92 Å². The molecule has 2 rings (SSSR count). The molecule has 1 aliphatic heterocycles. The van der Waals surface area contributed by atoms with E-state index in [-0.39, 0.29) is 41.7 Å². The number of Topliss-reactive ketones (excluding diaryl/α,β-unsaturated/α-hetero) is 1. The van der Waals surface area contributed by atoms with E-state index in [2.05, 4.69) is 4.85 Å². The first-order valence-electron chi connectivity index (χ1n) is 14.4. The molecule has 1 heterocycles. The van der Waals surface area contributed by atoms with Gasteiger partial charge in [-0.25, -0.2) is 4.85 Å². The highest BCUT2D eigenvalue weighted by Crippen LogP contribution is 2.60. The van der Waals surface area contributed by atoms with Crippen molar-refractivity contribution in [1.29, 1.82) is 0 Å². The lowest BCUT2D eigenvalue weighted by molar-refractivity contribution is -0.149. The maximum atomic E-state index is 12.4. The summed E-state index contributed by atoms with van der Waals surface area (Å²) in [5, 5.41) is 0. The Morgan fingerprint density at radius 1 is 0.829 bits per heavy atom. The van der Waals surface area contributed by atoms with Gasteiger partial charge in [0.2, 0.25) is 5.70 Å². The summed E-state index contributed by atoms with van der Waals surface area (Å²) in [5.41, 5.74) is 1.03. The van der Waals surface area contributed by atoms with Gasteiger partial charge in [-0.3, -0.25) is 9.59 Å². The minimum absolute atomic E-state index is 0.0959. The fourth-order valence-electron chi connectivity index (χ4n) is 3.62. The zero-order chi connectivity index (χ0) is 30.4. The Labute approximate surface area is 253 Å². The predicted molar refractivity (Wildman–Crippen MR) is 162 cm³/mol. The predicted octanol–water partition coefficient (Wildman–Crippen LogP) is 7.76. The van der Waals surface area contributed by atoms with Crippen LogP contribution in [0.4, 0.5) is 0 Å². The van der Waals surface area contributed by atoms with Crippen molar-refractivity contribution < 1.29 is 33.3 Å². The standard InChI is InChI=1S/C31H43NO7S2/c1-8-20(4)29(34)38-17-13-11-15-36-24-19-22(6)26(37-16-12-14-18-39-30(35)21(5)9-2)28-27(24)40-31(41-28)25(32-7)23(33)10-3/h19-21H,8-18H2,1-6H3/b31-25+. The van der Waals surface area contributed by atoms with Crippen LogP contribution in [0.5, 0.6) is 11.5 Å². The van der Waals surface area contributed by atoms with Gasteiger partial charge in [0.25, 0.3) is 0 Å². The normalized spacial score (nSPS) is 14.9. The SMILES string of the molecule is [C-]#[N+]/C(C(=O)CC)=C1\Sc2c(OCCCCOC(=O)C(C)CC)cc(C)c(OCCCCOC(=O)C(C)CC)c2S1. The van der Waals surface area contributed by atoms with Crippen molar-refractivity contribution in [2.24, 2.45) is 11.8 Å². The molecule has 2 atom stereocenters. The number of ketones is 1. The van der Waals surface area contributed by atoms with Gasteiger partial charge in [-0.05, 0) is 63.5 Å². The van der Waals surface area contributed by atoms with E-state index in [9.17, 15) is 14.4 Å². The van der Waals surface area contributed by atoms with E-state index < -0.39 is 0 Å². The highest BCUT2D eigenvalue weighted by Gasteiger charge is 2.31. The molecule has 1 aromatic rings. The van der Waals surface area contributed by atoms with Crippen LogP contribution in [0.1, 0.15) is 85.1 Å². The molecule has 2 unspecified atom stereocenters. The molecule has 0 saturated heterocycles. The molecule has 1 aliphatic rings. The third-order valence-corrected chi connectivity index (χ3v) is 9.31. The van der Waals surface area contributed by atoms with E-state index in [4.69, 9.17) is 25.5 Å². The van der Waals surface area contributed by atoms with E-state index >= 15 is 0 Å². The van der Waals surface area contributed by atoms with Crippen molar-refractivity contribution in [3.8, 4) is 11.5 Å². The Hall–Kier alpha value is -2.64. The van der Waals surface area contributed by atoms with Crippen molar-refractivity contribution in [2.45, 2.75) is 96.3 Å². The average molecular weight is 606 g/mol. The Bertz CT molecular complexity index is 1140. The lowest BCUT2D eigenvalue weighted by atomic mass is 10.1.